The summed E-state index contributed by atoms with van der Waals surface area (Å²) in [4.78, 5) is 4.29. The Bertz CT molecular complexity index is 646. The Morgan fingerprint density at radius 3 is 2.79 bits per heavy atom. The van der Waals surface area contributed by atoms with Crippen LogP contribution in [0, 0.1) is 0 Å². The maximum atomic E-state index is 5.83. The van der Waals surface area contributed by atoms with Gasteiger partial charge in [-0.25, -0.2) is 0 Å². The molecule has 6 heteroatoms. The van der Waals surface area contributed by atoms with E-state index in [1.807, 2.05) is 30.3 Å². The first kappa shape index (κ1) is 11.8. The zero-order chi connectivity index (χ0) is 13.1. The maximum absolute atomic E-state index is 5.83. The molecule has 0 atom stereocenters. The van der Waals surface area contributed by atoms with Gasteiger partial charge in [0, 0.05) is 11.6 Å². The van der Waals surface area contributed by atoms with Crippen molar-refractivity contribution in [1.82, 2.24) is 15.2 Å². The molecule has 2 N–H and O–H groups in total. The number of nitrogens with zero attached hydrogens (tertiary/aromatic N) is 2. The highest BCUT2D eigenvalue weighted by atomic mass is 35.5. The van der Waals surface area contributed by atoms with Gasteiger partial charge in [0.1, 0.15) is 0 Å². The van der Waals surface area contributed by atoms with Gasteiger partial charge in [0.2, 0.25) is 5.95 Å². The zero-order valence-corrected chi connectivity index (χ0v) is 10.7. The summed E-state index contributed by atoms with van der Waals surface area (Å²) in [6.45, 7) is 0.632. The van der Waals surface area contributed by atoms with Crippen molar-refractivity contribution in [3.63, 3.8) is 0 Å². The summed E-state index contributed by atoms with van der Waals surface area (Å²) in [7, 11) is 0. The predicted molar refractivity (Wildman–Crippen MR) is 72.9 cm³/mol. The van der Waals surface area contributed by atoms with E-state index in [0.29, 0.717) is 24.1 Å². The second kappa shape index (κ2) is 5.16. The van der Waals surface area contributed by atoms with E-state index in [0.717, 1.165) is 10.6 Å². The van der Waals surface area contributed by atoms with Gasteiger partial charge in [0.25, 0.3) is 0 Å². The van der Waals surface area contributed by atoms with Crippen molar-refractivity contribution in [3.8, 4) is 11.6 Å². The van der Waals surface area contributed by atoms with Crippen molar-refractivity contribution in [2.24, 2.45) is 0 Å². The first-order chi connectivity index (χ1) is 9.31. The molecule has 3 aromatic rings. The number of aromatic amines is 1. The second-order valence-corrected chi connectivity index (χ2v) is 4.40. The molecule has 1 aromatic carbocycles. The van der Waals surface area contributed by atoms with E-state index < -0.39 is 0 Å². The summed E-state index contributed by atoms with van der Waals surface area (Å²) >= 11 is 5.83. The normalized spacial score (nSPS) is 10.6. The third-order valence-electron chi connectivity index (χ3n) is 2.60. The first-order valence-corrected chi connectivity index (χ1v) is 6.14. The molecule has 0 unspecified atom stereocenters. The third-order valence-corrected chi connectivity index (χ3v) is 2.86. The average molecular weight is 275 g/mol. The van der Waals surface area contributed by atoms with Crippen LogP contribution in [0.2, 0.25) is 5.02 Å². The maximum Gasteiger partial charge on any atom is 0.242 e. The molecule has 0 amide bonds. The molecule has 0 aliphatic carbocycles. The minimum atomic E-state index is 0.529. The number of benzene rings is 1. The summed E-state index contributed by atoms with van der Waals surface area (Å²) in [6, 6.07) is 11.2. The molecule has 0 radical (unpaired) electrons. The molecule has 2 heterocycles. The Labute approximate surface area is 114 Å². The molecule has 0 saturated carbocycles. The zero-order valence-electron chi connectivity index (χ0n) is 9.93. The van der Waals surface area contributed by atoms with Gasteiger partial charge in [-0.1, -0.05) is 23.7 Å². The largest absolute Gasteiger partial charge is 0.461 e. The van der Waals surface area contributed by atoms with Gasteiger partial charge in [0.15, 0.2) is 11.6 Å². The van der Waals surface area contributed by atoms with Crippen LogP contribution in [0.25, 0.3) is 11.6 Å². The van der Waals surface area contributed by atoms with Crippen molar-refractivity contribution in [2.45, 2.75) is 6.54 Å². The van der Waals surface area contributed by atoms with Crippen LogP contribution < -0.4 is 5.32 Å². The molecule has 2 aromatic heterocycles. The highest BCUT2D eigenvalue weighted by molar-refractivity contribution is 6.30. The van der Waals surface area contributed by atoms with Crippen LogP contribution in [0.4, 0.5) is 5.95 Å². The van der Waals surface area contributed by atoms with Crippen molar-refractivity contribution in [2.75, 3.05) is 5.32 Å². The SMILES string of the molecule is Clc1ccc(CNc2n[nH]c(-c3ccco3)n2)cc1. The summed E-state index contributed by atoms with van der Waals surface area (Å²) in [5, 5.41) is 10.7. The molecule has 19 heavy (non-hydrogen) atoms. The van der Waals surface area contributed by atoms with E-state index in [1.165, 1.54) is 0 Å². The molecule has 5 nitrogen and oxygen atoms in total. The van der Waals surface area contributed by atoms with E-state index in [9.17, 15) is 0 Å². The molecule has 0 aliphatic rings. The Hall–Kier alpha value is -2.27. The summed E-state index contributed by atoms with van der Waals surface area (Å²) in [5.74, 6) is 1.79. The van der Waals surface area contributed by atoms with E-state index in [4.69, 9.17) is 16.0 Å². The Balaban J connectivity index is 1.66. The second-order valence-electron chi connectivity index (χ2n) is 3.96. The van der Waals surface area contributed by atoms with Crippen molar-refractivity contribution in [3.05, 3.63) is 53.2 Å². The number of halogens is 1. The lowest BCUT2D eigenvalue weighted by atomic mass is 10.2. The molecule has 0 fully saturated rings. The van der Waals surface area contributed by atoms with Crippen molar-refractivity contribution >= 4 is 17.5 Å². The van der Waals surface area contributed by atoms with Crippen LogP contribution in [-0.4, -0.2) is 15.2 Å². The van der Waals surface area contributed by atoms with Crippen LogP contribution >= 0.6 is 11.6 Å². The number of hydrogen-bond acceptors (Lipinski definition) is 4. The number of nitrogens with one attached hydrogen (secondary N) is 2. The van der Waals surface area contributed by atoms with Gasteiger partial charge in [0.05, 0.1) is 6.26 Å². The third kappa shape index (κ3) is 2.77. The number of furan rings is 1. The topological polar surface area (TPSA) is 66.7 Å². The van der Waals surface area contributed by atoms with Crippen LogP contribution in [0.1, 0.15) is 5.56 Å². The molecule has 0 aliphatic heterocycles. The minimum absolute atomic E-state index is 0.529. The van der Waals surface area contributed by atoms with Crippen LogP contribution in [0.3, 0.4) is 0 Å². The van der Waals surface area contributed by atoms with Gasteiger partial charge < -0.3 is 9.73 Å². The molecule has 3 rings (SSSR count). The van der Waals surface area contributed by atoms with Gasteiger partial charge in [-0.2, -0.15) is 4.98 Å². The molecule has 0 spiro atoms. The molecular formula is C13H11ClN4O. The smallest absolute Gasteiger partial charge is 0.242 e. The van der Waals surface area contributed by atoms with E-state index >= 15 is 0 Å². The van der Waals surface area contributed by atoms with Gasteiger partial charge in [-0.3, -0.25) is 5.10 Å². The minimum Gasteiger partial charge on any atom is -0.461 e. The van der Waals surface area contributed by atoms with E-state index in [1.54, 1.807) is 12.3 Å². The monoisotopic (exact) mass is 274 g/mol. The average Bonchev–Trinajstić information content (AvgIpc) is 3.09. The van der Waals surface area contributed by atoms with Crippen molar-refractivity contribution in [1.29, 1.82) is 0 Å². The van der Waals surface area contributed by atoms with Crippen LogP contribution in [0.5, 0.6) is 0 Å². The first-order valence-electron chi connectivity index (χ1n) is 5.76. The summed E-state index contributed by atoms with van der Waals surface area (Å²) in [6.07, 6.45) is 1.60. The standard InChI is InChI=1S/C13H11ClN4O/c14-10-5-3-9(4-6-10)8-15-13-16-12(17-18-13)11-2-1-7-19-11/h1-7H,8H2,(H2,15,16,17,18). The molecular weight excluding hydrogens is 264 g/mol. The lowest BCUT2D eigenvalue weighted by Gasteiger charge is -2.01. The highest BCUT2D eigenvalue weighted by Gasteiger charge is 2.07. The predicted octanol–water partition coefficient (Wildman–Crippen LogP) is 3.33. The Morgan fingerprint density at radius 2 is 2.05 bits per heavy atom. The molecule has 0 saturated heterocycles. The summed E-state index contributed by atoms with van der Waals surface area (Å²) in [5.41, 5.74) is 1.11. The highest BCUT2D eigenvalue weighted by Crippen LogP contribution is 2.16. The Kier molecular flexibility index (Phi) is 3.20. The number of H-pyrrole nitrogens is 1. The Morgan fingerprint density at radius 1 is 1.21 bits per heavy atom. The van der Waals surface area contributed by atoms with Crippen molar-refractivity contribution < 1.29 is 4.42 Å². The van der Waals surface area contributed by atoms with Crippen LogP contribution in [-0.2, 0) is 6.54 Å². The quantitative estimate of drug-likeness (QED) is 0.766. The van der Waals surface area contributed by atoms with Crippen LogP contribution in [0.15, 0.2) is 47.1 Å². The van der Waals surface area contributed by atoms with Gasteiger partial charge in [-0.15, -0.1) is 5.10 Å². The number of hydrogen-bond donors (Lipinski definition) is 2. The lowest BCUT2D eigenvalue weighted by Crippen LogP contribution is -2.00. The van der Waals surface area contributed by atoms with Gasteiger partial charge >= 0.3 is 0 Å². The summed E-state index contributed by atoms with van der Waals surface area (Å²) < 4.78 is 5.23. The van der Waals surface area contributed by atoms with E-state index in [2.05, 4.69) is 20.5 Å². The number of aromatic nitrogens is 3. The fourth-order valence-electron chi connectivity index (χ4n) is 1.65. The van der Waals surface area contributed by atoms with E-state index in [-0.39, 0.29) is 0 Å². The lowest BCUT2D eigenvalue weighted by molar-refractivity contribution is 0.577. The van der Waals surface area contributed by atoms with Gasteiger partial charge in [-0.05, 0) is 29.8 Å². The molecule has 96 valence electrons. The fourth-order valence-corrected chi connectivity index (χ4v) is 1.77. The fraction of sp³-hybridized carbons (Fsp3) is 0.0769. The number of anilines is 1. The molecule has 0 bridgehead atoms. The number of rotatable bonds is 4.